The van der Waals surface area contributed by atoms with Gasteiger partial charge in [0.05, 0.1) is 6.10 Å². The van der Waals surface area contributed by atoms with E-state index in [0.717, 1.165) is 39.3 Å². The summed E-state index contributed by atoms with van der Waals surface area (Å²) >= 11 is 0. The maximum Gasteiger partial charge on any atom is 0.0576 e. The fraction of sp³-hybridized carbons (Fsp3) is 1.00. The van der Waals surface area contributed by atoms with Crippen molar-refractivity contribution >= 4 is 0 Å². The molecule has 1 unspecified atom stereocenters. The molecule has 0 aromatic carbocycles. The van der Waals surface area contributed by atoms with Gasteiger partial charge < -0.3 is 14.8 Å². The van der Waals surface area contributed by atoms with E-state index in [0.29, 0.717) is 12.0 Å². The van der Waals surface area contributed by atoms with Crippen LogP contribution in [0.3, 0.4) is 0 Å². The van der Waals surface area contributed by atoms with Gasteiger partial charge in [-0.05, 0) is 51.1 Å². The van der Waals surface area contributed by atoms with E-state index in [-0.39, 0.29) is 0 Å². The van der Waals surface area contributed by atoms with Crippen LogP contribution in [0, 0.1) is 5.92 Å². The second-order valence-corrected chi connectivity index (χ2v) is 5.35. The van der Waals surface area contributed by atoms with Crippen LogP contribution < -0.4 is 5.32 Å². The van der Waals surface area contributed by atoms with Crippen LogP contribution in [0.1, 0.15) is 46.0 Å². The molecule has 3 heteroatoms. The molecule has 0 bridgehead atoms. The molecule has 1 rings (SSSR count). The molecule has 0 spiro atoms. The zero-order valence-corrected chi connectivity index (χ0v) is 11.5. The van der Waals surface area contributed by atoms with Crippen molar-refractivity contribution in [3.05, 3.63) is 0 Å². The first-order valence-electron chi connectivity index (χ1n) is 7.19. The van der Waals surface area contributed by atoms with E-state index in [2.05, 4.69) is 19.2 Å². The maximum atomic E-state index is 5.59. The van der Waals surface area contributed by atoms with Crippen LogP contribution in [0.2, 0.25) is 0 Å². The fourth-order valence-corrected chi connectivity index (χ4v) is 2.07. The number of nitrogens with one attached hydrogen (secondary N) is 1. The Labute approximate surface area is 106 Å². The SMILES string of the molecule is CC(C)COCCCNCCCC1CCCO1. The summed E-state index contributed by atoms with van der Waals surface area (Å²) in [5.41, 5.74) is 0. The smallest absolute Gasteiger partial charge is 0.0576 e. The number of ether oxygens (including phenoxy) is 2. The predicted molar refractivity (Wildman–Crippen MR) is 71.4 cm³/mol. The van der Waals surface area contributed by atoms with E-state index in [1.165, 1.54) is 25.7 Å². The third kappa shape index (κ3) is 8.58. The molecule has 0 aromatic heterocycles. The topological polar surface area (TPSA) is 30.5 Å². The summed E-state index contributed by atoms with van der Waals surface area (Å²) < 4.78 is 11.1. The van der Waals surface area contributed by atoms with E-state index >= 15 is 0 Å². The first-order valence-corrected chi connectivity index (χ1v) is 7.19. The zero-order chi connectivity index (χ0) is 12.3. The van der Waals surface area contributed by atoms with Crippen molar-refractivity contribution in [3.63, 3.8) is 0 Å². The molecule has 102 valence electrons. The lowest BCUT2D eigenvalue weighted by atomic mass is 10.1. The molecule has 1 atom stereocenters. The molecule has 1 N–H and O–H groups in total. The summed E-state index contributed by atoms with van der Waals surface area (Å²) in [7, 11) is 0. The van der Waals surface area contributed by atoms with Crippen LogP contribution in [0.15, 0.2) is 0 Å². The van der Waals surface area contributed by atoms with Gasteiger partial charge in [0.15, 0.2) is 0 Å². The lowest BCUT2D eigenvalue weighted by Gasteiger charge is -2.10. The average Bonchev–Trinajstić information content (AvgIpc) is 2.79. The van der Waals surface area contributed by atoms with Gasteiger partial charge in [-0.2, -0.15) is 0 Å². The van der Waals surface area contributed by atoms with E-state index in [1.54, 1.807) is 0 Å². The van der Waals surface area contributed by atoms with E-state index in [4.69, 9.17) is 9.47 Å². The van der Waals surface area contributed by atoms with E-state index in [1.807, 2.05) is 0 Å². The maximum absolute atomic E-state index is 5.59. The van der Waals surface area contributed by atoms with Crippen molar-refractivity contribution in [3.8, 4) is 0 Å². The molecule has 0 saturated carbocycles. The molecule has 1 aliphatic rings. The molecule has 0 aliphatic carbocycles. The van der Waals surface area contributed by atoms with E-state index < -0.39 is 0 Å². The summed E-state index contributed by atoms with van der Waals surface area (Å²) in [5, 5.41) is 3.46. The molecule has 1 fully saturated rings. The summed E-state index contributed by atoms with van der Waals surface area (Å²) in [6.45, 7) is 9.31. The predicted octanol–water partition coefficient (Wildman–Crippen LogP) is 2.60. The van der Waals surface area contributed by atoms with Crippen molar-refractivity contribution in [1.29, 1.82) is 0 Å². The van der Waals surface area contributed by atoms with Gasteiger partial charge >= 0.3 is 0 Å². The Bertz CT molecular complexity index is 168. The van der Waals surface area contributed by atoms with Crippen LogP contribution in [0.5, 0.6) is 0 Å². The van der Waals surface area contributed by atoms with Crippen LogP contribution in [-0.2, 0) is 9.47 Å². The summed E-state index contributed by atoms with van der Waals surface area (Å²) in [4.78, 5) is 0. The summed E-state index contributed by atoms with van der Waals surface area (Å²) in [6.07, 6.45) is 6.64. The third-order valence-corrected chi connectivity index (χ3v) is 3.00. The highest BCUT2D eigenvalue weighted by Gasteiger charge is 2.14. The van der Waals surface area contributed by atoms with Crippen molar-refractivity contribution in [2.75, 3.05) is 32.9 Å². The van der Waals surface area contributed by atoms with E-state index in [9.17, 15) is 0 Å². The molecule has 0 aromatic rings. The molecule has 1 heterocycles. The molecule has 3 nitrogen and oxygen atoms in total. The monoisotopic (exact) mass is 243 g/mol. The second kappa shape index (κ2) is 9.86. The number of rotatable bonds is 10. The highest BCUT2D eigenvalue weighted by molar-refractivity contribution is 4.65. The Hall–Kier alpha value is -0.120. The Morgan fingerprint density at radius 1 is 1.29 bits per heavy atom. The number of hydrogen-bond donors (Lipinski definition) is 1. The Balaban J connectivity index is 1.72. The van der Waals surface area contributed by atoms with Crippen molar-refractivity contribution in [2.24, 2.45) is 5.92 Å². The Kier molecular flexibility index (Phi) is 8.67. The van der Waals surface area contributed by atoms with Gasteiger partial charge in [-0.25, -0.2) is 0 Å². The minimum atomic E-state index is 0.547. The van der Waals surface area contributed by atoms with Gasteiger partial charge in [-0.1, -0.05) is 13.8 Å². The van der Waals surface area contributed by atoms with Crippen molar-refractivity contribution in [1.82, 2.24) is 5.32 Å². The average molecular weight is 243 g/mol. The minimum absolute atomic E-state index is 0.547. The normalized spacial score (nSPS) is 20.3. The van der Waals surface area contributed by atoms with Crippen LogP contribution in [0.25, 0.3) is 0 Å². The Morgan fingerprint density at radius 2 is 2.12 bits per heavy atom. The van der Waals surface area contributed by atoms with Gasteiger partial charge in [0, 0.05) is 19.8 Å². The first kappa shape index (κ1) is 14.9. The number of hydrogen-bond acceptors (Lipinski definition) is 3. The zero-order valence-electron chi connectivity index (χ0n) is 11.5. The van der Waals surface area contributed by atoms with Crippen molar-refractivity contribution < 1.29 is 9.47 Å². The van der Waals surface area contributed by atoms with Crippen molar-refractivity contribution in [2.45, 2.75) is 52.1 Å². The molecular formula is C14H29NO2. The third-order valence-electron chi connectivity index (χ3n) is 3.00. The highest BCUT2D eigenvalue weighted by Crippen LogP contribution is 2.16. The second-order valence-electron chi connectivity index (χ2n) is 5.35. The quantitative estimate of drug-likeness (QED) is 0.598. The molecule has 1 saturated heterocycles. The lowest BCUT2D eigenvalue weighted by molar-refractivity contribution is 0.101. The van der Waals surface area contributed by atoms with Gasteiger partial charge in [0.25, 0.3) is 0 Å². The standard InChI is InChI=1S/C14H29NO2/c1-13(2)12-16-10-5-9-15-8-3-6-14-7-4-11-17-14/h13-15H,3-12H2,1-2H3. The molecule has 0 amide bonds. The van der Waals surface area contributed by atoms with Gasteiger partial charge in [0.1, 0.15) is 0 Å². The molecule has 17 heavy (non-hydrogen) atoms. The van der Waals surface area contributed by atoms with Crippen LogP contribution in [-0.4, -0.2) is 39.0 Å². The summed E-state index contributed by atoms with van der Waals surface area (Å²) in [6, 6.07) is 0. The van der Waals surface area contributed by atoms with Crippen LogP contribution in [0.4, 0.5) is 0 Å². The Morgan fingerprint density at radius 3 is 2.82 bits per heavy atom. The first-order chi connectivity index (χ1) is 8.29. The lowest BCUT2D eigenvalue weighted by Crippen LogP contribution is -2.20. The highest BCUT2D eigenvalue weighted by atomic mass is 16.5. The molecular weight excluding hydrogens is 214 g/mol. The van der Waals surface area contributed by atoms with Gasteiger partial charge in [-0.15, -0.1) is 0 Å². The van der Waals surface area contributed by atoms with Gasteiger partial charge in [0.2, 0.25) is 0 Å². The summed E-state index contributed by atoms with van der Waals surface area (Å²) in [5.74, 6) is 0.648. The van der Waals surface area contributed by atoms with Crippen LogP contribution >= 0.6 is 0 Å². The minimum Gasteiger partial charge on any atom is -0.381 e. The largest absolute Gasteiger partial charge is 0.381 e. The molecule has 0 radical (unpaired) electrons. The van der Waals surface area contributed by atoms with Gasteiger partial charge in [-0.3, -0.25) is 0 Å². The molecule has 1 aliphatic heterocycles. The fourth-order valence-electron chi connectivity index (χ4n) is 2.07.